The van der Waals surface area contributed by atoms with Gasteiger partial charge in [-0.1, -0.05) is 24.3 Å². The normalized spacial score (nSPS) is 17.7. The predicted molar refractivity (Wildman–Crippen MR) is 64.7 cm³/mol. The van der Waals surface area contributed by atoms with Crippen molar-refractivity contribution in [2.24, 2.45) is 0 Å². The van der Waals surface area contributed by atoms with Crippen LogP contribution in [0.1, 0.15) is 0 Å². The van der Waals surface area contributed by atoms with E-state index >= 15 is 0 Å². The molecule has 0 N–H and O–H groups in total. The topological polar surface area (TPSA) is 6.48 Å². The van der Waals surface area contributed by atoms with Crippen molar-refractivity contribution in [3.05, 3.63) is 49.5 Å². The van der Waals surface area contributed by atoms with Gasteiger partial charge in [-0.05, 0) is 12.1 Å². The molecule has 0 aromatic heterocycles. The largest absolute Gasteiger partial charge is 0.369 e. The second-order valence-corrected chi connectivity index (χ2v) is 3.74. The standard InChI is InChI=1S/C13H17N2/c1-2-8-14-9-11-15(12-10-14)13-6-4-3-5-7-13/h2-8H,1,9-12H2. The highest BCUT2D eigenvalue weighted by molar-refractivity contribution is 5.46. The maximum absolute atomic E-state index is 3.72. The second-order valence-electron chi connectivity index (χ2n) is 3.74. The van der Waals surface area contributed by atoms with Crippen LogP contribution in [-0.2, 0) is 0 Å². The average Bonchev–Trinajstić information content (AvgIpc) is 2.32. The third-order valence-corrected chi connectivity index (χ3v) is 2.75. The molecule has 1 aromatic carbocycles. The molecular weight excluding hydrogens is 184 g/mol. The molecule has 1 saturated heterocycles. The summed E-state index contributed by atoms with van der Waals surface area (Å²) < 4.78 is 0. The monoisotopic (exact) mass is 201 g/mol. The van der Waals surface area contributed by atoms with Crippen LogP contribution in [0.5, 0.6) is 0 Å². The van der Waals surface area contributed by atoms with Crippen LogP contribution < -0.4 is 4.90 Å². The van der Waals surface area contributed by atoms with Crippen molar-refractivity contribution < 1.29 is 0 Å². The summed E-state index contributed by atoms with van der Waals surface area (Å²) in [5.41, 5.74) is 1.33. The van der Waals surface area contributed by atoms with E-state index in [4.69, 9.17) is 0 Å². The van der Waals surface area contributed by atoms with E-state index in [1.807, 2.05) is 6.08 Å². The van der Waals surface area contributed by atoms with Crippen LogP contribution in [0.25, 0.3) is 0 Å². The minimum absolute atomic E-state index is 1.08. The highest BCUT2D eigenvalue weighted by Gasteiger charge is 2.15. The van der Waals surface area contributed by atoms with Gasteiger partial charge in [-0.3, -0.25) is 4.90 Å². The van der Waals surface area contributed by atoms with E-state index in [1.54, 1.807) is 0 Å². The van der Waals surface area contributed by atoms with Crippen LogP contribution in [0.15, 0.2) is 43.0 Å². The highest BCUT2D eigenvalue weighted by atomic mass is 15.3. The van der Waals surface area contributed by atoms with E-state index < -0.39 is 0 Å². The summed E-state index contributed by atoms with van der Waals surface area (Å²) in [4.78, 5) is 4.74. The van der Waals surface area contributed by atoms with E-state index in [0.29, 0.717) is 0 Å². The maximum Gasteiger partial charge on any atom is 0.0468 e. The Bertz CT molecular complexity index is 300. The van der Waals surface area contributed by atoms with E-state index in [2.05, 4.69) is 53.3 Å². The summed E-state index contributed by atoms with van der Waals surface area (Å²) >= 11 is 0. The lowest BCUT2D eigenvalue weighted by Gasteiger charge is -2.35. The second kappa shape index (κ2) is 4.99. The summed E-state index contributed by atoms with van der Waals surface area (Å²) in [5, 5.41) is 0. The molecule has 1 fully saturated rings. The molecule has 2 nitrogen and oxygen atoms in total. The third kappa shape index (κ3) is 2.60. The molecule has 2 heteroatoms. The first-order valence-electron chi connectivity index (χ1n) is 5.40. The van der Waals surface area contributed by atoms with Crippen LogP contribution in [0.3, 0.4) is 0 Å². The van der Waals surface area contributed by atoms with Gasteiger partial charge in [0.2, 0.25) is 0 Å². The number of nitrogens with zero attached hydrogens (tertiary/aromatic N) is 2. The number of anilines is 1. The molecule has 0 amide bonds. The maximum atomic E-state index is 3.72. The molecule has 1 aromatic rings. The Morgan fingerprint density at radius 3 is 2.27 bits per heavy atom. The van der Waals surface area contributed by atoms with Gasteiger partial charge in [0.1, 0.15) is 0 Å². The number of piperazine rings is 1. The number of para-hydroxylation sites is 1. The van der Waals surface area contributed by atoms with Crippen molar-refractivity contribution in [2.45, 2.75) is 0 Å². The first-order chi connectivity index (χ1) is 7.40. The Labute approximate surface area is 91.8 Å². The molecule has 1 aliphatic heterocycles. The van der Waals surface area contributed by atoms with Gasteiger partial charge in [0.05, 0.1) is 0 Å². The van der Waals surface area contributed by atoms with E-state index in [-0.39, 0.29) is 0 Å². The highest BCUT2D eigenvalue weighted by Crippen LogP contribution is 2.15. The van der Waals surface area contributed by atoms with E-state index in [0.717, 1.165) is 26.2 Å². The van der Waals surface area contributed by atoms with Gasteiger partial charge in [-0.2, -0.15) is 0 Å². The molecule has 79 valence electrons. The minimum Gasteiger partial charge on any atom is -0.369 e. The molecule has 0 spiro atoms. The fraction of sp³-hybridized carbons (Fsp3) is 0.308. The molecule has 0 unspecified atom stereocenters. The zero-order chi connectivity index (χ0) is 10.5. The molecule has 2 rings (SSSR count). The lowest BCUT2D eigenvalue weighted by atomic mass is 10.2. The van der Waals surface area contributed by atoms with Crippen LogP contribution in [0.4, 0.5) is 5.69 Å². The number of benzene rings is 1. The zero-order valence-corrected chi connectivity index (χ0v) is 8.97. The summed E-state index contributed by atoms with van der Waals surface area (Å²) in [6, 6.07) is 10.6. The molecule has 0 atom stereocenters. The Morgan fingerprint density at radius 2 is 1.67 bits per heavy atom. The summed E-state index contributed by atoms with van der Waals surface area (Å²) in [5.74, 6) is 0. The van der Waals surface area contributed by atoms with Crippen LogP contribution in [-0.4, -0.2) is 31.1 Å². The Morgan fingerprint density at radius 1 is 1.00 bits per heavy atom. The van der Waals surface area contributed by atoms with Crippen molar-refractivity contribution in [1.29, 1.82) is 0 Å². The molecular formula is C13H17N2. The quantitative estimate of drug-likeness (QED) is 0.739. The third-order valence-electron chi connectivity index (χ3n) is 2.75. The van der Waals surface area contributed by atoms with Crippen molar-refractivity contribution in [2.75, 3.05) is 31.1 Å². The van der Waals surface area contributed by atoms with Crippen molar-refractivity contribution in [3.63, 3.8) is 0 Å². The summed E-state index contributed by atoms with van der Waals surface area (Å²) in [6.45, 7) is 10.1. The molecule has 0 aliphatic carbocycles. The van der Waals surface area contributed by atoms with Crippen LogP contribution in [0.2, 0.25) is 0 Å². The molecule has 0 bridgehead atoms. The van der Waals surface area contributed by atoms with Gasteiger partial charge >= 0.3 is 0 Å². The van der Waals surface area contributed by atoms with Gasteiger partial charge in [0.25, 0.3) is 0 Å². The van der Waals surface area contributed by atoms with Gasteiger partial charge < -0.3 is 4.90 Å². The number of rotatable bonds is 3. The van der Waals surface area contributed by atoms with Crippen molar-refractivity contribution >= 4 is 5.69 Å². The molecule has 1 aliphatic rings. The Balaban J connectivity index is 1.91. The zero-order valence-electron chi connectivity index (χ0n) is 8.97. The van der Waals surface area contributed by atoms with Crippen molar-refractivity contribution in [1.82, 2.24) is 4.90 Å². The number of hydrogen-bond donors (Lipinski definition) is 0. The lowest BCUT2D eigenvalue weighted by molar-refractivity contribution is 0.324. The average molecular weight is 201 g/mol. The van der Waals surface area contributed by atoms with Gasteiger partial charge in [0.15, 0.2) is 0 Å². The first kappa shape index (κ1) is 10.2. The SMILES string of the molecule is C=C[CH]N1CCN(c2ccccc2)CC1. The first-order valence-corrected chi connectivity index (χ1v) is 5.40. The van der Waals surface area contributed by atoms with Gasteiger partial charge in [-0.25, -0.2) is 0 Å². The summed E-state index contributed by atoms with van der Waals surface area (Å²) in [6.07, 6.45) is 1.86. The molecule has 1 radical (unpaired) electrons. The van der Waals surface area contributed by atoms with Gasteiger partial charge in [-0.15, -0.1) is 6.58 Å². The molecule has 15 heavy (non-hydrogen) atoms. The minimum atomic E-state index is 1.08. The van der Waals surface area contributed by atoms with Crippen molar-refractivity contribution in [3.8, 4) is 0 Å². The predicted octanol–water partition coefficient (Wildman–Crippen LogP) is 2.16. The van der Waals surface area contributed by atoms with E-state index in [1.165, 1.54) is 5.69 Å². The van der Waals surface area contributed by atoms with E-state index in [9.17, 15) is 0 Å². The molecule has 1 heterocycles. The van der Waals surface area contributed by atoms with Crippen LogP contribution >= 0.6 is 0 Å². The fourth-order valence-electron chi connectivity index (χ4n) is 1.92. The van der Waals surface area contributed by atoms with Gasteiger partial charge in [0, 0.05) is 38.4 Å². The molecule has 0 saturated carbocycles. The fourth-order valence-corrected chi connectivity index (χ4v) is 1.92. The Hall–Kier alpha value is -1.28. The number of hydrogen-bond acceptors (Lipinski definition) is 2. The Kier molecular flexibility index (Phi) is 3.41. The smallest absolute Gasteiger partial charge is 0.0468 e. The summed E-state index contributed by atoms with van der Waals surface area (Å²) in [7, 11) is 0. The van der Waals surface area contributed by atoms with Crippen LogP contribution in [0, 0.1) is 6.54 Å². The lowest BCUT2D eigenvalue weighted by Crippen LogP contribution is -2.44.